The van der Waals surface area contributed by atoms with E-state index in [4.69, 9.17) is 14.4 Å². The number of amidine groups is 2. The third-order valence-corrected chi connectivity index (χ3v) is 13.9. The lowest BCUT2D eigenvalue weighted by molar-refractivity contribution is 0.670. The number of benzene rings is 10. The SMILES string of the molecule is c1ccc(-c2cccc(-c3ccc(-c4ccc(C5=NC(c6ccc7ccccc7c6)=NC(c6ccc7sc8ccccc8c7c6)N5)cc4)c4c3oc3cc5ccccc5cc34)c2)cc1. The number of aliphatic imine (C=N–C) groups is 2. The van der Waals surface area contributed by atoms with Crippen molar-refractivity contribution in [2.45, 2.75) is 6.17 Å². The molecule has 1 atom stereocenters. The molecule has 64 heavy (non-hydrogen) atoms. The average molecular weight is 836 g/mol. The first-order valence-electron chi connectivity index (χ1n) is 21.6. The van der Waals surface area contributed by atoms with E-state index in [-0.39, 0.29) is 6.17 Å². The quantitative estimate of drug-likeness (QED) is 0.181. The van der Waals surface area contributed by atoms with E-state index in [9.17, 15) is 0 Å². The van der Waals surface area contributed by atoms with Crippen molar-refractivity contribution in [3.05, 3.63) is 229 Å². The van der Waals surface area contributed by atoms with Crippen molar-refractivity contribution >= 4 is 86.7 Å². The Kier molecular flexibility index (Phi) is 8.43. The molecule has 2 aromatic heterocycles. The first-order valence-corrected chi connectivity index (χ1v) is 22.5. The smallest absolute Gasteiger partial charge is 0.159 e. The molecule has 12 aromatic rings. The summed E-state index contributed by atoms with van der Waals surface area (Å²) in [7, 11) is 0. The molecule has 0 radical (unpaired) electrons. The van der Waals surface area contributed by atoms with Crippen molar-refractivity contribution in [1.82, 2.24) is 5.32 Å². The second-order valence-electron chi connectivity index (χ2n) is 16.6. The van der Waals surface area contributed by atoms with Gasteiger partial charge in [-0.3, -0.25) is 0 Å². The fourth-order valence-corrected chi connectivity index (χ4v) is 10.6. The number of rotatable bonds is 6. The summed E-state index contributed by atoms with van der Waals surface area (Å²) in [4.78, 5) is 10.5. The normalized spacial score (nSPS) is 14.1. The molecule has 5 heteroatoms. The molecule has 0 aliphatic carbocycles. The molecule has 0 bridgehead atoms. The van der Waals surface area contributed by atoms with Gasteiger partial charge in [-0.05, 0) is 103 Å². The molecule has 1 N–H and O–H groups in total. The molecule has 1 aliphatic heterocycles. The van der Waals surface area contributed by atoms with Crippen LogP contribution < -0.4 is 5.32 Å². The van der Waals surface area contributed by atoms with Gasteiger partial charge in [0.15, 0.2) is 5.84 Å². The summed E-state index contributed by atoms with van der Waals surface area (Å²) in [6, 6.07) is 75.8. The minimum Gasteiger partial charge on any atom is -0.455 e. The van der Waals surface area contributed by atoms with Gasteiger partial charge in [0.1, 0.15) is 23.2 Å². The Morgan fingerprint density at radius 3 is 1.95 bits per heavy atom. The van der Waals surface area contributed by atoms with Crippen LogP contribution in [-0.2, 0) is 0 Å². The molecule has 300 valence electrons. The molecule has 10 aromatic carbocycles. The third-order valence-electron chi connectivity index (χ3n) is 12.7. The van der Waals surface area contributed by atoms with E-state index in [0.29, 0.717) is 5.84 Å². The average Bonchev–Trinajstić information content (AvgIpc) is 3.93. The number of thiophene rings is 1. The summed E-state index contributed by atoms with van der Waals surface area (Å²) in [5.41, 5.74) is 11.6. The largest absolute Gasteiger partial charge is 0.455 e. The van der Waals surface area contributed by atoms with Crippen molar-refractivity contribution in [2.75, 3.05) is 0 Å². The summed E-state index contributed by atoms with van der Waals surface area (Å²) in [5.74, 6) is 1.48. The Bertz CT molecular complexity index is 3880. The van der Waals surface area contributed by atoms with E-state index >= 15 is 0 Å². The van der Waals surface area contributed by atoms with Crippen molar-refractivity contribution in [3.8, 4) is 33.4 Å². The van der Waals surface area contributed by atoms with Gasteiger partial charge in [0.25, 0.3) is 0 Å². The molecule has 13 rings (SSSR count). The standard InChI is InChI=1S/C59H37N3OS/c1-2-11-36(12-3-1)41-17-10-18-44(31-41)48-29-28-47(55-51-33-42-15-6-7-16-43(42)35-52(51)63-56(48)55)38-22-24-39(25-23-38)57-60-58(45-26-21-37-13-4-5-14-40(37)32-45)62-59(61-57)46-27-30-54-50(34-46)49-19-8-9-20-53(49)64-54/h1-35,59H,(H,60,61,62). The minimum absolute atomic E-state index is 0.337. The third kappa shape index (κ3) is 6.20. The molecular formula is C59H37N3OS. The maximum Gasteiger partial charge on any atom is 0.159 e. The number of furan rings is 1. The summed E-state index contributed by atoms with van der Waals surface area (Å²) >= 11 is 1.83. The molecule has 0 amide bonds. The number of nitrogens with zero attached hydrogens (tertiary/aromatic N) is 2. The van der Waals surface area contributed by atoms with Crippen LogP contribution in [0.5, 0.6) is 0 Å². The number of hydrogen-bond donors (Lipinski definition) is 1. The maximum absolute atomic E-state index is 6.91. The van der Waals surface area contributed by atoms with Crippen molar-refractivity contribution in [3.63, 3.8) is 0 Å². The van der Waals surface area contributed by atoms with Crippen LogP contribution in [0.15, 0.2) is 227 Å². The van der Waals surface area contributed by atoms with Crippen LogP contribution in [0.2, 0.25) is 0 Å². The first kappa shape index (κ1) is 36.5. The van der Waals surface area contributed by atoms with Gasteiger partial charge in [0.05, 0.1) is 0 Å². The fourth-order valence-electron chi connectivity index (χ4n) is 9.48. The molecule has 3 heterocycles. The van der Waals surface area contributed by atoms with Gasteiger partial charge in [-0.1, -0.05) is 164 Å². The molecule has 1 aliphatic rings. The zero-order valence-corrected chi connectivity index (χ0v) is 35.3. The van der Waals surface area contributed by atoms with Crippen molar-refractivity contribution in [2.24, 2.45) is 9.98 Å². The predicted molar refractivity (Wildman–Crippen MR) is 270 cm³/mol. The maximum atomic E-state index is 6.91. The predicted octanol–water partition coefficient (Wildman–Crippen LogP) is 15.8. The lowest BCUT2D eigenvalue weighted by Gasteiger charge is -2.24. The van der Waals surface area contributed by atoms with E-state index < -0.39 is 0 Å². The molecule has 4 nitrogen and oxygen atoms in total. The Labute approximate surface area is 373 Å². The van der Waals surface area contributed by atoms with Gasteiger partial charge in [0, 0.05) is 47.6 Å². The molecule has 0 saturated heterocycles. The first-order chi connectivity index (χ1) is 31.7. The summed E-state index contributed by atoms with van der Waals surface area (Å²) in [6.07, 6.45) is -0.337. The van der Waals surface area contributed by atoms with Gasteiger partial charge in [-0.2, -0.15) is 0 Å². The fraction of sp³-hybridized carbons (Fsp3) is 0.0169. The zero-order valence-electron chi connectivity index (χ0n) is 34.5. The number of nitrogens with one attached hydrogen (secondary N) is 1. The summed E-state index contributed by atoms with van der Waals surface area (Å²) in [5, 5.41) is 13.1. The van der Waals surface area contributed by atoms with E-state index in [0.717, 1.165) is 77.5 Å². The highest BCUT2D eigenvalue weighted by Gasteiger charge is 2.23. The Morgan fingerprint density at radius 2 is 1.09 bits per heavy atom. The second-order valence-corrected chi connectivity index (χ2v) is 17.6. The molecule has 0 saturated carbocycles. The van der Waals surface area contributed by atoms with Crippen molar-refractivity contribution in [1.29, 1.82) is 0 Å². The van der Waals surface area contributed by atoms with E-state index in [1.807, 2.05) is 11.3 Å². The number of fused-ring (bicyclic) bond motifs is 8. The molecule has 0 fully saturated rings. The van der Waals surface area contributed by atoms with Crippen LogP contribution in [0.1, 0.15) is 22.9 Å². The van der Waals surface area contributed by atoms with Crippen LogP contribution >= 0.6 is 11.3 Å². The number of hydrogen-bond acceptors (Lipinski definition) is 5. The zero-order chi connectivity index (χ0) is 42.1. The Hall–Kier alpha value is -8.12. The van der Waals surface area contributed by atoms with Crippen LogP contribution in [0, 0.1) is 0 Å². The monoisotopic (exact) mass is 835 g/mol. The highest BCUT2D eigenvalue weighted by molar-refractivity contribution is 7.25. The Balaban J connectivity index is 0.929. The van der Waals surface area contributed by atoms with Crippen LogP contribution in [0.25, 0.3) is 97.0 Å². The highest BCUT2D eigenvalue weighted by atomic mass is 32.1. The van der Waals surface area contributed by atoms with Crippen LogP contribution in [-0.4, -0.2) is 11.7 Å². The van der Waals surface area contributed by atoms with Gasteiger partial charge in [-0.25, -0.2) is 9.98 Å². The summed E-state index contributed by atoms with van der Waals surface area (Å²) < 4.78 is 9.47. The summed E-state index contributed by atoms with van der Waals surface area (Å²) in [6.45, 7) is 0. The van der Waals surface area contributed by atoms with E-state index in [2.05, 4.69) is 218 Å². The molecular weight excluding hydrogens is 799 g/mol. The highest BCUT2D eigenvalue weighted by Crippen LogP contribution is 2.44. The van der Waals surface area contributed by atoms with Gasteiger partial charge in [-0.15, -0.1) is 11.3 Å². The minimum atomic E-state index is -0.337. The van der Waals surface area contributed by atoms with E-state index in [1.54, 1.807) is 0 Å². The topological polar surface area (TPSA) is 49.9 Å². The van der Waals surface area contributed by atoms with Crippen LogP contribution in [0.3, 0.4) is 0 Å². The lowest BCUT2D eigenvalue weighted by atomic mass is 9.92. The lowest BCUT2D eigenvalue weighted by Crippen LogP contribution is -2.33. The Morgan fingerprint density at radius 1 is 0.422 bits per heavy atom. The van der Waals surface area contributed by atoms with Gasteiger partial charge >= 0.3 is 0 Å². The second kappa shape index (κ2) is 14.8. The molecule has 0 spiro atoms. The molecule has 1 unspecified atom stereocenters. The van der Waals surface area contributed by atoms with Gasteiger partial charge in [0.2, 0.25) is 0 Å². The van der Waals surface area contributed by atoms with Gasteiger partial charge < -0.3 is 9.73 Å². The van der Waals surface area contributed by atoms with Crippen molar-refractivity contribution < 1.29 is 4.42 Å². The van der Waals surface area contributed by atoms with Crippen LogP contribution in [0.4, 0.5) is 0 Å². The van der Waals surface area contributed by atoms with E-state index in [1.165, 1.54) is 42.1 Å².